The third-order valence-electron chi connectivity index (χ3n) is 3.58. The molecule has 0 saturated heterocycles. The number of nitro benzene ring substituents is 1. The standard InChI is InChI=1S/C17H13BrClN5O4S/c1-2-7-23-16(13-5-6-14(18)28-13)21-22-17(23)29-9-15(25)20-10-3-4-11(19)12(8-10)24(26)27/h2-6,8H,1,7,9H2,(H,20,25). The molecule has 150 valence electrons. The number of rotatable bonds is 8. The average molecular weight is 499 g/mol. The maximum Gasteiger partial charge on any atom is 0.289 e. The Bertz CT molecular complexity index is 1080. The molecule has 1 aromatic carbocycles. The maximum absolute atomic E-state index is 12.3. The molecule has 0 radical (unpaired) electrons. The Kier molecular flexibility index (Phi) is 6.72. The molecular weight excluding hydrogens is 486 g/mol. The van der Waals surface area contributed by atoms with Gasteiger partial charge in [0.1, 0.15) is 5.02 Å². The molecule has 1 N–H and O–H groups in total. The fourth-order valence-corrected chi connectivity index (χ4v) is 3.60. The summed E-state index contributed by atoms with van der Waals surface area (Å²) in [5.74, 6) is 0.693. The van der Waals surface area contributed by atoms with Crippen LogP contribution >= 0.6 is 39.3 Å². The summed E-state index contributed by atoms with van der Waals surface area (Å²) in [5.41, 5.74) is -0.00233. The van der Waals surface area contributed by atoms with Crippen molar-refractivity contribution in [2.24, 2.45) is 0 Å². The van der Waals surface area contributed by atoms with Crippen LogP contribution in [-0.2, 0) is 11.3 Å². The monoisotopic (exact) mass is 497 g/mol. The van der Waals surface area contributed by atoms with E-state index in [0.29, 0.717) is 28.0 Å². The van der Waals surface area contributed by atoms with Crippen molar-refractivity contribution in [1.82, 2.24) is 14.8 Å². The number of carbonyl (C=O) groups excluding carboxylic acids is 1. The van der Waals surface area contributed by atoms with Gasteiger partial charge in [-0.3, -0.25) is 19.5 Å². The zero-order valence-electron chi connectivity index (χ0n) is 14.7. The van der Waals surface area contributed by atoms with Gasteiger partial charge in [0.05, 0.1) is 10.7 Å². The van der Waals surface area contributed by atoms with Crippen molar-refractivity contribution in [3.8, 4) is 11.6 Å². The second-order valence-electron chi connectivity index (χ2n) is 5.57. The van der Waals surface area contributed by atoms with Crippen molar-refractivity contribution in [3.63, 3.8) is 0 Å². The minimum absolute atomic E-state index is 0.00278. The summed E-state index contributed by atoms with van der Waals surface area (Å²) in [6.45, 7) is 4.15. The summed E-state index contributed by atoms with van der Waals surface area (Å²) in [6.07, 6.45) is 1.68. The number of carbonyl (C=O) groups is 1. The lowest BCUT2D eigenvalue weighted by Crippen LogP contribution is -2.14. The Morgan fingerprint density at radius 2 is 2.21 bits per heavy atom. The average Bonchev–Trinajstić information content (AvgIpc) is 3.28. The predicted molar refractivity (Wildman–Crippen MR) is 113 cm³/mol. The second kappa shape index (κ2) is 9.25. The summed E-state index contributed by atoms with van der Waals surface area (Å²) in [7, 11) is 0. The summed E-state index contributed by atoms with van der Waals surface area (Å²) in [4.78, 5) is 22.6. The van der Waals surface area contributed by atoms with E-state index in [1.165, 1.54) is 30.0 Å². The van der Waals surface area contributed by atoms with Gasteiger partial charge in [-0.15, -0.1) is 16.8 Å². The van der Waals surface area contributed by atoms with Gasteiger partial charge in [0.25, 0.3) is 5.69 Å². The number of amides is 1. The van der Waals surface area contributed by atoms with Crippen LogP contribution in [0.15, 0.2) is 57.2 Å². The van der Waals surface area contributed by atoms with E-state index in [0.717, 1.165) is 0 Å². The minimum Gasteiger partial charge on any atom is -0.446 e. The Hall–Kier alpha value is -2.63. The summed E-state index contributed by atoms with van der Waals surface area (Å²) in [5, 5.41) is 22.3. The van der Waals surface area contributed by atoms with Gasteiger partial charge in [-0.2, -0.15) is 0 Å². The normalized spacial score (nSPS) is 10.7. The molecule has 0 fully saturated rings. The molecule has 0 aliphatic rings. The van der Waals surface area contributed by atoms with E-state index in [9.17, 15) is 14.9 Å². The number of aromatic nitrogens is 3. The van der Waals surface area contributed by atoms with Gasteiger partial charge in [0.2, 0.25) is 11.7 Å². The number of benzene rings is 1. The van der Waals surface area contributed by atoms with E-state index in [4.69, 9.17) is 16.0 Å². The highest BCUT2D eigenvalue weighted by atomic mass is 79.9. The molecule has 3 aromatic rings. The Morgan fingerprint density at radius 3 is 2.86 bits per heavy atom. The molecule has 9 nitrogen and oxygen atoms in total. The molecule has 2 heterocycles. The first kappa shape index (κ1) is 21.1. The van der Waals surface area contributed by atoms with E-state index in [1.807, 2.05) is 0 Å². The topological polar surface area (TPSA) is 116 Å². The largest absolute Gasteiger partial charge is 0.446 e. The van der Waals surface area contributed by atoms with Crippen LogP contribution in [0.3, 0.4) is 0 Å². The lowest BCUT2D eigenvalue weighted by molar-refractivity contribution is -0.384. The van der Waals surface area contributed by atoms with Crippen molar-refractivity contribution in [2.75, 3.05) is 11.1 Å². The van der Waals surface area contributed by atoms with Crippen LogP contribution in [0.2, 0.25) is 5.02 Å². The van der Waals surface area contributed by atoms with E-state index in [1.54, 1.807) is 22.8 Å². The number of halogens is 2. The lowest BCUT2D eigenvalue weighted by atomic mass is 10.3. The maximum atomic E-state index is 12.3. The Labute approximate surface area is 182 Å². The minimum atomic E-state index is -0.612. The number of furan rings is 1. The van der Waals surface area contributed by atoms with Gasteiger partial charge in [0, 0.05) is 18.3 Å². The number of hydrogen-bond donors (Lipinski definition) is 1. The van der Waals surface area contributed by atoms with Crippen molar-refractivity contribution < 1.29 is 14.1 Å². The van der Waals surface area contributed by atoms with Crippen LogP contribution in [0, 0.1) is 10.1 Å². The number of nitrogens with one attached hydrogen (secondary N) is 1. The number of thioether (sulfide) groups is 1. The molecule has 0 unspecified atom stereocenters. The number of nitrogens with zero attached hydrogens (tertiary/aromatic N) is 4. The van der Waals surface area contributed by atoms with Crippen molar-refractivity contribution in [1.29, 1.82) is 0 Å². The van der Waals surface area contributed by atoms with Crippen LogP contribution < -0.4 is 5.32 Å². The molecule has 1 amide bonds. The Morgan fingerprint density at radius 1 is 1.41 bits per heavy atom. The molecular formula is C17H13BrClN5O4S. The van der Waals surface area contributed by atoms with Crippen molar-refractivity contribution >= 4 is 56.6 Å². The number of allylic oxidation sites excluding steroid dienone is 1. The third-order valence-corrected chi connectivity index (χ3v) is 5.29. The zero-order chi connectivity index (χ0) is 21.0. The van der Waals surface area contributed by atoms with E-state index >= 15 is 0 Å². The van der Waals surface area contributed by atoms with Crippen LogP contribution in [-0.4, -0.2) is 31.3 Å². The highest BCUT2D eigenvalue weighted by molar-refractivity contribution is 9.10. The number of nitro groups is 1. The third kappa shape index (κ3) is 5.05. The first-order valence-corrected chi connectivity index (χ1v) is 10.2. The summed E-state index contributed by atoms with van der Waals surface area (Å²) in [6, 6.07) is 7.55. The zero-order valence-corrected chi connectivity index (χ0v) is 17.8. The van der Waals surface area contributed by atoms with Gasteiger partial charge in [-0.25, -0.2) is 0 Å². The van der Waals surface area contributed by atoms with Gasteiger partial charge >= 0.3 is 0 Å². The van der Waals surface area contributed by atoms with E-state index in [-0.39, 0.29) is 28.1 Å². The van der Waals surface area contributed by atoms with Gasteiger partial charge < -0.3 is 9.73 Å². The number of anilines is 1. The molecule has 0 spiro atoms. The molecule has 3 rings (SSSR count). The van der Waals surface area contributed by atoms with Crippen LogP contribution in [0.25, 0.3) is 11.6 Å². The van der Waals surface area contributed by atoms with Crippen LogP contribution in [0.5, 0.6) is 0 Å². The molecule has 2 aromatic heterocycles. The molecule has 0 bridgehead atoms. The first-order valence-electron chi connectivity index (χ1n) is 8.05. The number of hydrogen-bond acceptors (Lipinski definition) is 7. The molecule has 0 saturated carbocycles. The Balaban J connectivity index is 1.70. The van der Waals surface area contributed by atoms with Crippen molar-refractivity contribution in [3.05, 3.63) is 62.8 Å². The molecule has 0 atom stereocenters. The summed E-state index contributed by atoms with van der Waals surface area (Å²) >= 11 is 10.2. The molecule has 29 heavy (non-hydrogen) atoms. The quantitative estimate of drug-likeness (QED) is 0.206. The highest BCUT2D eigenvalue weighted by Gasteiger charge is 2.18. The molecule has 0 aliphatic heterocycles. The van der Waals surface area contributed by atoms with Gasteiger partial charge in [0.15, 0.2) is 15.6 Å². The van der Waals surface area contributed by atoms with Crippen molar-refractivity contribution in [2.45, 2.75) is 11.7 Å². The molecule has 0 aliphatic carbocycles. The highest BCUT2D eigenvalue weighted by Crippen LogP contribution is 2.29. The van der Waals surface area contributed by atoms with Crippen LogP contribution in [0.1, 0.15) is 0 Å². The SMILES string of the molecule is C=CCn1c(SCC(=O)Nc2ccc(Cl)c([N+](=O)[O-])c2)nnc1-c1ccc(Br)o1. The fraction of sp³-hybridized carbons (Fsp3) is 0.118. The smallest absolute Gasteiger partial charge is 0.289 e. The van der Waals surface area contributed by atoms with Gasteiger partial charge in [-0.05, 0) is 40.2 Å². The van der Waals surface area contributed by atoms with Crippen LogP contribution in [0.4, 0.5) is 11.4 Å². The molecule has 12 heteroatoms. The lowest BCUT2D eigenvalue weighted by Gasteiger charge is -2.07. The second-order valence-corrected chi connectivity index (χ2v) is 7.70. The van der Waals surface area contributed by atoms with Gasteiger partial charge in [-0.1, -0.05) is 29.4 Å². The summed E-state index contributed by atoms with van der Waals surface area (Å²) < 4.78 is 7.85. The first-order chi connectivity index (χ1) is 13.9. The predicted octanol–water partition coefficient (Wildman–Crippen LogP) is 4.78. The van der Waals surface area contributed by atoms with E-state index < -0.39 is 4.92 Å². The fourth-order valence-electron chi connectivity index (χ4n) is 2.36. The van der Waals surface area contributed by atoms with E-state index in [2.05, 4.69) is 38.0 Å².